The maximum Gasteiger partial charge on any atom is -0.0298 e. The lowest BCUT2D eigenvalue weighted by Crippen LogP contribution is -2.07. The van der Waals surface area contributed by atoms with Gasteiger partial charge in [0.2, 0.25) is 0 Å². The Bertz CT molecular complexity index is 54.9. The van der Waals surface area contributed by atoms with Gasteiger partial charge >= 0.3 is 0 Å². The highest BCUT2D eigenvalue weighted by atomic mass is 14.2. The predicted octanol–water partition coefficient (Wildman–Crippen LogP) is 2.85. The average molecular weight is 112 g/mol. The van der Waals surface area contributed by atoms with E-state index in [9.17, 15) is 0 Å². The summed E-state index contributed by atoms with van der Waals surface area (Å²) >= 11 is 0. The first-order chi connectivity index (χ1) is 3.42. The van der Waals surface area contributed by atoms with Gasteiger partial charge in [-0.05, 0) is 24.7 Å². The van der Waals surface area contributed by atoms with Gasteiger partial charge in [-0.1, -0.05) is 27.7 Å². The number of rotatable bonds is 2. The van der Waals surface area contributed by atoms with Crippen molar-refractivity contribution >= 4 is 0 Å². The molecule has 0 atom stereocenters. The third-order valence-corrected chi connectivity index (χ3v) is 0.832. The summed E-state index contributed by atoms with van der Waals surface area (Å²) < 4.78 is 0. The van der Waals surface area contributed by atoms with E-state index in [2.05, 4.69) is 34.6 Å². The molecule has 0 saturated carbocycles. The molecule has 0 fully saturated rings. The van der Waals surface area contributed by atoms with Crippen LogP contribution in [0, 0.1) is 18.3 Å². The molecular weight excluding hydrogens is 96.1 g/mol. The SMILES string of the molecule is [CH2]C(C)(C)C[C](C)C. The first-order valence-corrected chi connectivity index (χ1v) is 3.06. The van der Waals surface area contributed by atoms with E-state index < -0.39 is 0 Å². The fourth-order valence-electron chi connectivity index (χ4n) is 0.957. The van der Waals surface area contributed by atoms with Gasteiger partial charge in [0.15, 0.2) is 0 Å². The summed E-state index contributed by atoms with van der Waals surface area (Å²) in [4.78, 5) is 0. The molecule has 0 spiro atoms. The molecule has 2 radical (unpaired) electrons. The molecular formula is C8H16. The molecule has 0 aliphatic rings. The summed E-state index contributed by atoms with van der Waals surface area (Å²) in [6, 6.07) is 0. The fraction of sp³-hybridized carbons (Fsp3) is 0.750. The first kappa shape index (κ1) is 8.00. The van der Waals surface area contributed by atoms with Gasteiger partial charge in [0.05, 0.1) is 0 Å². The highest BCUT2D eigenvalue weighted by Crippen LogP contribution is 2.23. The monoisotopic (exact) mass is 112 g/mol. The van der Waals surface area contributed by atoms with Crippen molar-refractivity contribution in [1.82, 2.24) is 0 Å². The molecule has 0 aromatic carbocycles. The van der Waals surface area contributed by atoms with Gasteiger partial charge in [0, 0.05) is 0 Å². The topological polar surface area (TPSA) is 0 Å². The lowest BCUT2D eigenvalue weighted by atomic mass is 9.86. The van der Waals surface area contributed by atoms with Gasteiger partial charge in [-0.15, -0.1) is 0 Å². The maximum absolute atomic E-state index is 3.99. The Morgan fingerprint density at radius 2 is 1.75 bits per heavy atom. The summed E-state index contributed by atoms with van der Waals surface area (Å²) in [6.07, 6.45) is 1.13. The largest absolute Gasteiger partial charge is 0.0599 e. The smallest absolute Gasteiger partial charge is 0.0298 e. The molecule has 48 valence electrons. The van der Waals surface area contributed by atoms with Crippen molar-refractivity contribution in [1.29, 1.82) is 0 Å². The van der Waals surface area contributed by atoms with Crippen molar-refractivity contribution in [2.45, 2.75) is 34.1 Å². The summed E-state index contributed by atoms with van der Waals surface area (Å²) in [5.41, 5.74) is 0.235. The Labute approximate surface area is 53.3 Å². The molecule has 0 nitrogen and oxygen atoms in total. The van der Waals surface area contributed by atoms with Crippen LogP contribution in [0.2, 0.25) is 0 Å². The van der Waals surface area contributed by atoms with Crippen molar-refractivity contribution in [3.8, 4) is 0 Å². The van der Waals surface area contributed by atoms with E-state index in [1.807, 2.05) is 0 Å². The van der Waals surface area contributed by atoms with E-state index in [1.165, 1.54) is 5.92 Å². The van der Waals surface area contributed by atoms with Gasteiger partial charge < -0.3 is 0 Å². The van der Waals surface area contributed by atoms with Gasteiger partial charge in [0.25, 0.3) is 0 Å². The van der Waals surface area contributed by atoms with Gasteiger partial charge in [-0.25, -0.2) is 0 Å². The second-order valence-electron chi connectivity index (χ2n) is 3.55. The number of hydrogen-bond donors (Lipinski definition) is 0. The zero-order chi connectivity index (χ0) is 6.78. The molecule has 0 heteroatoms. The highest BCUT2D eigenvalue weighted by molar-refractivity contribution is 4.86. The van der Waals surface area contributed by atoms with Crippen LogP contribution in [0.3, 0.4) is 0 Å². The molecule has 0 aliphatic carbocycles. The van der Waals surface area contributed by atoms with Crippen molar-refractivity contribution < 1.29 is 0 Å². The molecule has 0 heterocycles. The van der Waals surface area contributed by atoms with Crippen LogP contribution in [0.25, 0.3) is 0 Å². The Kier molecular flexibility index (Phi) is 2.52. The maximum atomic E-state index is 3.99. The molecule has 0 saturated heterocycles. The Balaban J connectivity index is 3.39. The van der Waals surface area contributed by atoms with Crippen molar-refractivity contribution in [2.24, 2.45) is 5.41 Å². The van der Waals surface area contributed by atoms with Gasteiger partial charge in [0.1, 0.15) is 0 Å². The summed E-state index contributed by atoms with van der Waals surface area (Å²) in [5, 5.41) is 0. The van der Waals surface area contributed by atoms with Crippen molar-refractivity contribution in [2.75, 3.05) is 0 Å². The zero-order valence-corrected chi connectivity index (χ0v) is 6.41. The Morgan fingerprint density at radius 3 is 1.75 bits per heavy atom. The van der Waals surface area contributed by atoms with E-state index >= 15 is 0 Å². The van der Waals surface area contributed by atoms with Crippen LogP contribution in [-0.4, -0.2) is 0 Å². The standard InChI is InChI=1S/C8H16/c1-7(2)6-8(3,4)5/h3,6H2,1-2,4-5H3. The molecule has 8 heavy (non-hydrogen) atoms. The summed E-state index contributed by atoms with van der Waals surface area (Å²) in [5.74, 6) is 1.46. The summed E-state index contributed by atoms with van der Waals surface area (Å²) in [6.45, 7) is 12.6. The minimum absolute atomic E-state index is 0.235. The second-order valence-corrected chi connectivity index (χ2v) is 3.55. The van der Waals surface area contributed by atoms with Gasteiger partial charge in [-0.3, -0.25) is 0 Å². The van der Waals surface area contributed by atoms with Crippen LogP contribution in [0.5, 0.6) is 0 Å². The minimum atomic E-state index is 0.235. The van der Waals surface area contributed by atoms with Crippen LogP contribution in [0.15, 0.2) is 0 Å². The number of hydrogen-bond acceptors (Lipinski definition) is 0. The molecule has 0 unspecified atom stereocenters. The van der Waals surface area contributed by atoms with Crippen molar-refractivity contribution in [3.05, 3.63) is 12.8 Å². The van der Waals surface area contributed by atoms with E-state index in [4.69, 9.17) is 0 Å². The van der Waals surface area contributed by atoms with Crippen LogP contribution in [0.4, 0.5) is 0 Å². The molecule has 0 N–H and O–H groups in total. The van der Waals surface area contributed by atoms with E-state index in [-0.39, 0.29) is 5.41 Å². The van der Waals surface area contributed by atoms with E-state index in [0.29, 0.717) is 0 Å². The lowest BCUT2D eigenvalue weighted by Gasteiger charge is -2.19. The minimum Gasteiger partial charge on any atom is -0.0599 e. The van der Waals surface area contributed by atoms with Gasteiger partial charge in [-0.2, -0.15) is 0 Å². The predicted molar refractivity (Wildman–Crippen MR) is 38.3 cm³/mol. The third-order valence-electron chi connectivity index (χ3n) is 0.832. The molecule has 0 rings (SSSR count). The van der Waals surface area contributed by atoms with Crippen LogP contribution < -0.4 is 0 Å². The normalized spacial score (nSPS) is 12.8. The van der Waals surface area contributed by atoms with E-state index in [0.717, 1.165) is 6.42 Å². The quantitative estimate of drug-likeness (QED) is 0.515. The van der Waals surface area contributed by atoms with E-state index in [1.54, 1.807) is 0 Å². The zero-order valence-electron chi connectivity index (χ0n) is 6.41. The molecule has 0 amide bonds. The summed E-state index contributed by atoms with van der Waals surface area (Å²) in [7, 11) is 0. The first-order valence-electron chi connectivity index (χ1n) is 3.06. The molecule has 0 aromatic heterocycles. The lowest BCUT2D eigenvalue weighted by molar-refractivity contribution is 0.445. The molecule has 0 aromatic rings. The molecule has 0 bridgehead atoms. The van der Waals surface area contributed by atoms with Crippen molar-refractivity contribution in [3.63, 3.8) is 0 Å². The third kappa shape index (κ3) is 6.00. The van der Waals surface area contributed by atoms with Crippen LogP contribution in [0.1, 0.15) is 34.1 Å². The molecule has 0 aliphatic heterocycles. The van der Waals surface area contributed by atoms with Crippen LogP contribution >= 0.6 is 0 Å². The highest BCUT2D eigenvalue weighted by Gasteiger charge is 2.11. The average Bonchev–Trinajstić information content (AvgIpc) is 1.21. The van der Waals surface area contributed by atoms with Crippen LogP contribution in [-0.2, 0) is 0 Å². The fourth-order valence-corrected chi connectivity index (χ4v) is 0.957. The Hall–Kier alpha value is 0. The second kappa shape index (κ2) is 2.52. The Morgan fingerprint density at radius 1 is 1.38 bits per heavy atom.